The van der Waals surface area contributed by atoms with Crippen LogP contribution in [0.3, 0.4) is 0 Å². The zero-order valence-electron chi connectivity index (χ0n) is 61.4. The average molecular weight is 1450 g/mol. The molecule has 6 fully saturated rings. The molecule has 2 radical (unpaired) electrons. The second kappa shape index (κ2) is 30.5. The van der Waals surface area contributed by atoms with Crippen LogP contribution in [-0.2, 0) is 95.4 Å². The molecule has 4 saturated carbocycles. The molecule has 22 atom stereocenters. The van der Waals surface area contributed by atoms with Crippen molar-refractivity contribution in [2.75, 3.05) is 32.8 Å². The minimum absolute atomic E-state index is 0.124. The number of carbonyl (C=O) groups excluding carboxylic acids is 11. The molecule has 104 heavy (non-hydrogen) atoms. The van der Waals surface area contributed by atoms with Crippen LogP contribution in [0.15, 0.2) is 83.0 Å². The maximum atomic E-state index is 15.3. The molecule has 2 heterocycles. The molecule has 2 aromatic rings. The van der Waals surface area contributed by atoms with Gasteiger partial charge in [0, 0.05) is 61.2 Å². The number of hydrogen-bond donors (Lipinski definition) is 8. The van der Waals surface area contributed by atoms with Gasteiger partial charge in [0.05, 0.1) is 91.5 Å². The van der Waals surface area contributed by atoms with Gasteiger partial charge in [0.2, 0.25) is 6.10 Å². The van der Waals surface area contributed by atoms with Crippen molar-refractivity contribution in [1.29, 1.82) is 0 Å². The summed E-state index contributed by atoms with van der Waals surface area (Å²) in [6, 6.07) is 14.9. The van der Waals surface area contributed by atoms with E-state index in [9.17, 15) is 58.5 Å². The Morgan fingerprint density at radius 1 is 0.567 bits per heavy atom. The van der Waals surface area contributed by atoms with Gasteiger partial charge in [-0.1, -0.05) is 116 Å². The standard InChI is InChI=1S/C38H51BN3O12.C36H48BN2O11/c1-19-23(52-34(48)31(54-27(46)16-41)29(42-39-18-43)22-11-9-8-10-12-22)14-38(49)20(2)32-36(6)17-50-24(36)13-25(53-26(45)15-40)37(32,7)33(47)30(51-21(3)44)28(19)35(38,4)5;1-18-22(49-32(45)28(43)27(39-37-17-40)21-11-9-8-10-12-21)14-36(46)19(2)30-34(6)16-47-23(34)13-24(50-25(42)15-38)35(30,7)31(44)29(48-20(3)41)26(18)33(36,4)5/h8-12,18,20,23-25,29-32,42,49H,13-17,40-41H2,1-7H3;8-12,17,19,22-24,27-30,39,43,46H,13-16,38H2,1-7H3/t20-,23-,24+,25-,29-,30+,31+,32+,36+,37+,38+;19-,22-,23+,24-,27-,28+,29+,30+,34+,35+,36+/m00/s1. The number of nitrogens with two attached hydrogens (primary N) is 3. The molecule has 2 saturated heterocycles. The SMILES string of the molecule is CC(=O)O[C@H]1C(=O)[C@]2(C)[C@@H](OC(=O)CN)C[C@H]3OC[C@@]3(C)[C@H]2[C@H](C)[C@]2(O)C[C@H](OC(=O)[C@H](O)[C@@H](N[B]C=O)c3ccccc3)C(C)=C1C2(C)C.CC(=O)O[C@H]1C(=O)[C@]2(C)[C@@H](OC(=O)CN)C[C@H]3OC[C@@]3(C)[C@H]2[C@H](C)[C@]2(O)C[C@H](OC(=O)[C@H](OC(=O)CN)[C@@H](N[B]C=O)c3ccccc3)C(C)=C1C2(C)C. The summed E-state index contributed by atoms with van der Waals surface area (Å²) in [5.74, 6) is -9.82. The number of esters is 7. The number of benzene rings is 2. The van der Waals surface area contributed by atoms with E-state index in [2.05, 4.69) is 10.5 Å². The number of rotatable bonds is 22. The maximum Gasteiger partial charge on any atom is 0.350 e. The fourth-order valence-electron chi connectivity index (χ4n) is 19.7. The molecule has 2 aromatic carbocycles. The van der Waals surface area contributed by atoms with Gasteiger partial charge in [0.25, 0.3) is 14.8 Å². The molecular weight excluding hydrogens is 1350 g/mol. The fraction of sp³-hybridized carbons (Fsp3) is 0.635. The molecule has 11 N–H and O–H groups in total. The predicted octanol–water partition coefficient (Wildman–Crippen LogP) is 2.17. The zero-order chi connectivity index (χ0) is 76.9. The number of ether oxygens (including phenoxy) is 9. The number of nitrogens with one attached hydrogen (secondary N) is 2. The smallest absolute Gasteiger partial charge is 0.350 e. The van der Waals surface area contributed by atoms with Crippen LogP contribution in [0.5, 0.6) is 0 Å². The van der Waals surface area contributed by atoms with E-state index >= 15 is 9.59 Å². The number of hydrogen-bond acceptors (Lipinski definition) is 28. The highest BCUT2D eigenvalue weighted by Gasteiger charge is 2.77. The summed E-state index contributed by atoms with van der Waals surface area (Å²) in [5.41, 5.74) is 8.81. The molecule has 2 aliphatic heterocycles. The molecule has 564 valence electrons. The van der Waals surface area contributed by atoms with Crippen molar-refractivity contribution < 1.29 is 111 Å². The highest BCUT2D eigenvalue weighted by Crippen LogP contribution is 2.70. The lowest BCUT2D eigenvalue weighted by molar-refractivity contribution is -0.304. The molecule has 0 amide bonds. The first-order chi connectivity index (χ1) is 48.7. The summed E-state index contributed by atoms with van der Waals surface area (Å²) < 4.78 is 53.2. The largest absolute Gasteiger partial charge is 0.460 e. The number of carbonyl (C=O) groups is 11. The summed E-state index contributed by atoms with van der Waals surface area (Å²) in [4.78, 5) is 145. The Morgan fingerprint density at radius 2 is 0.933 bits per heavy atom. The third kappa shape index (κ3) is 13.6. The number of fused-ring (bicyclic) bond motifs is 10. The summed E-state index contributed by atoms with van der Waals surface area (Å²) in [7, 11) is 2.12. The molecule has 4 bridgehead atoms. The van der Waals surface area contributed by atoms with Crippen LogP contribution in [0, 0.1) is 56.2 Å². The Labute approximate surface area is 606 Å². The molecule has 8 aliphatic rings. The van der Waals surface area contributed by atoms with E-state index in [1.54, 1.807) is 116 Å². The average Bonchev–Trinajstić information content (AvgIpc) is 0.678. The highest BCUT2D eigenvalue weighted by atomic mass is 16.6. The lowest BCUT2D eigenvalue weighted by Crippen LogP contribution is -2.75. The summed E-state index contributed by atoms with van der Waals surface area (Å²) in [6.45, 7) is 22.8. The van der Waals surface area contributed by atoms with Gasteiger partial charge in [-0.15, -0.1) is 0 Å². The van der Waals surface area contributed by atoms with Gasteiger partial charge in [-0.3, -0.25) is 33.6 Å². The van der Waals surface area contributed by atoms with Gasteiger partial charge in [-0.2, -0.15) is 0 Å². The van der Waals surface area contributed by atoms with E-state index in [1.165, 1.54) is 6.92 Å². The van der Waals surface area contributed by atoms with E-state index in [0.29, 0.717) is 34.6 Å². The van der Waals surface area contributed by atoms with Crippen molar-refractivity contribution in [3.05, 3.63) is 94.1 Å². The van der Waals surface area contributed by atoms with E-state index < -0.39 is 213 Å². The molecule has 30 heteroatoms. The van der Waals surface area contributed by atoms with Crippen molar-refractivity contribution in [3.8, 4) is 0 Å². The Hall–Kier alpha value is -7.38. The van der Waals surface area contributed by atoms with Crippen LogP contribution in [0.4, 0.5) is 0 Å². The Kier molecular flexibility index (Phi) is 23.6. The van der Waals surface area contributed by atoms with E-state index in [1.807, 2.05) is 27.7 Å². The lowest BCUT2D eigenvalue weighted by atomic mass is 9.40. The Morgan fingerprint density at radius 3 is 1.28 bits per heavy atom. The van der Waals surface area contributed by atoms with Gasteiger partial charge >= 0.3 is 41.8 Å². The molecular formula is C74H99B2N5O23. The first-order valence-electron chi connectivity index (χ1n) is 35.2. The minimum atomic E-state index is -1.78. The third-order valence-electron chi connectivity index (χ3n) is 24.9. The van der Waals surface area contributed by atoms with E-state index in [-0.39, 0.29) is 50.0 Å². The molecule has 0 unspecified atom stereocenters. The highest BCUT2D eigenvalue weighted by molar-refractivity contribution is 6.64. The fourth-order valence-corrected chi connectivity index (χ4v) is 19.7. The summed E-state index contributed by atoms with van der Waals surface area (Å²) in [5, 5.41) is 43.2. The first kappa shape index (κ1) is 80.7. The van der Waals surface area contributed by atoms with Crippen LogP contribution in [0.25, 0.3) is 0 Å². The van der Waals surface area contributed by atoms with Crippen LogP contribution >= 0.6 is 0 Å². The molecule has 0 spiro atoms. The van der Waals surface area contributed by atoms with Crippen molar-refractivity contribution in [1.82, 2.24) is 10.5 Å². The molecule has 6 aliphatic carbocycles. The normalized spacial score (nSPS) is 35.9. The van der Waals surface area contributed by atoms with Crippen molar-refractivity contribution >= 4 is 80.6 Å². The second-order valence-electron chi connectivity index (χ2n) is 31.1. The molecule has 28 nitrogen and oxygen atoms in total. The van der Waals surface area contributed by atoms with Gasteiger partial charge in [0.1, 0.15) is 24.4 Å². The van der Waals surface area contributed by atoms with Gasteiger partial charge < -0.3 is 95.2 Å². The van der Waals surface area contributed by atoms with E-state index in [4.69, 9.17) is 59.8 Å². The summed E-state index contributed by atoms with van der Waals surface area (Å²) in [6.07, 6.45) is -10.8. The van der Waals surface area contributed by atoms with Crippen LogP contribution in [0.1, 0.15) is 146 Å². The maximum absolute atomic E-state index is 15.3. The Bertz CT molecular complexity index is 3750. The second-order valence-corrected chi connectivity index (χ2v) is 31.1. The monoisotopic (exact) mass is 1450 g/mol. The number of ketones is 2. The molecule has 0 aromatic heterocycles. The predicted molar refractivity (Wildman–Crippen MR) is 372 cm³/mol. The van der Waals surface area contributed by atoms with Crippen LogP contribution in [-0.4, -0.2) is 201 Å². The topological polar surface area (TPSA) is 434 Å². The Balaban J connectivity index is 0.000000242. The number of aliphatic hydroxyl groups excluding tert-OH is 1. The number of Topliss-reactive ketones (excluding diaryl/α,β-unsaturated/α-hetero) is 2. The minimum Gasteiger partial charge on any atom is -0.460 e. The number of aliphatic hydroxyl groups is 3. The van der Waals surface area contributed by atoms with Gasteiger partial charge in [-0.25, -0.2) is 9.59 Å². The zero-order valence-corrected chi connectivity index (χ0v) is 61.4. The quantitative estimate of drug-likeness (QED) is 0.0275. The van der Waals surface area contributed by atoms with Crippen LogP contribution in [0.2, 0.25) is 0 Å². The van der Waals surface area contributed by atoms with Crippen LogP contribution < -0.4 is 27.7 Å². The van der Waals surface area contributed by atoms with Crippen molar-refractivity contribution in [3.63, 3.8) is 0 Å². The lowest BCUT2D eigenvalue weighted by Gasteiger charge is -2.68. The summed E-state index contributed by atoms with van der Waals surface area (Å²) >= 11 is 0. The van der Waals surface area contributed by atoms with Gasteiger partial charge in [-0.05, 0) is 84.8 Å². The van der Waals surface area contributed by atoms with Gasteiger partial charge in [0.15, 0.2) is 29.9 Å². The first-order valence-corrected chi connectivity index (χ1v) is 35.2. The van der Waals surface area contributed by atoms with Crippen molar-refractivity contribution in [2.45, 2.75) is 207 Å². The van der Waals surface area contributed by atoms with E-state index in [0.717, 1.165) is 21.8 Å². The van der Waals surface area contributed by atoms with Crippen molar-refractivity contribution in [2.24, 2.45) is 73.4 Å². The molecule has 10 rings (SSSR count). The third-order valence-corrected chi connectivity index (χ3v) is 24.9.